The van der Waals surface area contributed by atoms with E-state index in [1.54, 1.807) is 0 Å². The van der Waals surface area contributed by atoms with Crippen LogP contribution in [-0.2, 0) is 13.0 Å². The van der Waals surface area contributed by atoms with Gasteiger partial charge in [-0.3, -0.25) is 0 Å². The highest BCUT2D eigenvalue weighted by atomic mass is 35.5. The third-order valence-corrected chi connectivity index (χ3v) is 3.61. The lowest BCUT2D eigenvalue weighted by molar-refractivity contribution is 0.936. The molecule has 0 radical (unpaired) electrons. The second-order valence-electron chi connectivity index (χ2n) is 4.33. The third kappa shape index (κ3) is 1.85. The van der Waals surface area contributed by atoms with Gasteiger partial charge in [-0.25, -0.2) is 4.98 Å². The fourth-order valence-electron chi connectivity index (χ4n) is 2.34. The smallest absolute Gasteiger partial charge is 0.133 e. The first kappa shape index (κ1) is 11.5. The van der Waals surface area contributed by atoms with Gasteiger partial charge in [0.2, 0.25) is 0 Å². The highest BCUT2D eigenvalue weighted by molar-refractivity contribution is 6.31. The van der Waals surface area contributed by atoms with Gasteiger partial charge in [0.15, 0.2) is 0 Å². The Bertz CT molecular complexity index is 583. The minimum absolute atomic E-state index is 0.363. The van der Waals surface area contributed by atoms with Crippen LogP contribution >= 0.6 is 11.6 Å². The van der Waals surface area contributed by atoms with Crippen molar-refractivity contribution >= 4 is 23.1 Å². The topological polar surface area (TPSA) is 42.1 Å². The number of rotatable bonds is 2. The molecular formula is C14H14ClN3. The summed E-state index contributed by atoms with van der Waals surface area (Å²) >= 11 is 6.04. The lowest BCUT2D eigenvalue weighted by Crippen LogP contribution is -2.16. The molecule has 0 fully saturated rings. The zero-order valence-corrected chi connectivity index (χ0v) is 10.7. The Morgan fingerprint density at radius 3 is 2.89 bits per heavy atom. The predicted octanol–water partition coefficient (Wildman–Crippen LogP) is 2.89. The van der Waals surface area contributed by atoms with Gasteiger partial charge in [-0.2, -0.15) is 0 Å². The van der Waals surface area contributed by atoms with Crippen molar-refractivity contribution in [1.82, 2.24) is 4.98 Å². The molecular weight excluding hydrogens is 246 g/mol. The first-order valence-electron chi connectivity index (χ1n) is 6.00. The molecule has 4 heteroatoms. The van der Waals surface area contributed by atoms with E-state index in [-0.39, 0.29) is 0 Å². The van der Waals surface area contributed by atoms with Gasteiger partial charge in [-0.1, -0.05) is 29.8 Å². The maximum atomic E-state index is 6.04. The minimum atomic E-state index is 0.363. The van der Waals surface area contributed by atoms with E-state index in [0.717, 1.165) is 24.5 Å². The number of nitrogens with two attached hydrogens (primary N) is 1. The van der Waals surface area contributed by atoms with Crippen LogP contribution in [-0.4, -0.2) is 11.5 Å². The molecule has 92 valence electrons. The van der Waals surface area contributed by atoms with Crippen molar-refractivity contribution in [3.63, 3.8) is 0 Å². The van der Waals surface area contributed by atoms with Crippen LogP contribution in [0.2, 0.25) is 5.02 Å². The Balaban J connectivity index is 2.02. The SMILES string of the molecule is NCc1nc(N2CCc3ccccc32)ccc1Cl. The molecule has 0 aliphatic carbocycles. The quantitative estimate of drug-likeness (QED) is 0.902. The summed E-state index contributed by atoms with van der Waals surface area (Å²) in [7, 11) is 0. The molecule has 0 bridgehead atoms. The van der Waals surface area contributed by atoms with Crippen LogP contribution in [0.3, 0.4) is 0 Å². The van der Waals surface area contributed by atoms with Crippen molar-refractivity contribution in [2.24, 2.45) is 5.73 Å². The second-order valence-corrected chi connectivity index (χ2v) is 4.74. The predicted molar refractivity (Wildman–Crippen MR) is 74.3 cm³/mol. The molecule has 0 atom stereocenters. The number of nitrogens with zero attached hydrogens (tertiary/aromatic N) is 2. The van der Waals surface area contributed by atoms with Gasteiger partial charge >= 0.3 is 0 Å². The van der Waals surface area contributed by atoms with Crippen LogP contribution < -0.4 is 10.6 Å². The number of aromatic nitrogens is 1. The van der Waals surface area contributed by atoms with Crippen LogP contribution in [0, 0.1) is 0 Å². The largest absolute Gasteiger partial charge is 0.326 e. The Morgan fingerprint density at radius 2 is 2.06 bits per heavy atom. The Morgan fingerprint density at radius 1 is 1.22 bits per heavy atom. The Kier molecular flexibility index (Phi) is 2.94. The molecule has 0 amide bonds. The van der Waals surface area contributed by atoms with Crippen LogP contribution in [0.4, 0.5) is 11.5 Å². The van der Waals surface area contributed by atoms with Gasteiger partial charge in [0.05, 0.1) is 10.7 Å². The third-order valence-electron chi connectivity index (χ3n) is 3.26. The van der Waals surface area contributed by atoms with Crippen molar-refractivity contribution in [3.8, 4) is 0 Å². The summed E-state index contributed by atoms with van der Waals surface area (Å²) < 4.78 is 0. The molecule has 0 unspecified atom stereocenters. The highest BCUT2D eigenvalue weighted by Crippen LogP contribution is 2.33. The van der Waals surface area contributed by atoms with Gasteiger partial charge in [-0.15, -0.1) is 0 Å². The lowest BCUT2D eigenvalue weighted by Gasteiger charge is -2.19. The van der Waals surface area contributed by atoms with Crippen LogP contribution in [0.1, 0.15) is 11.3 Å². The number of fused-ring (bicyclic) bond motifs is 1. The fraction of sp³-hybridized carbons (Fsp3) is 0.214. The molecule has 1 aromatic carbocycles. The van der Waals surface area contributed by atoms with Crippen LogP contribution in [0.5, 0.6) is 0 Å². The molecule has 2 aromatic rings. The average Bonchev–Trinajstić information content (AvgIpc) is 2.83. The molecule has 0 spiro atoms. The van der Waals surface area contributed by atoms with Crippen LogP contribution in [0.25, 0.3) is 0 Å². The molecule has 0 saturated carbocycles. The van der Waals surface area contributed by atoms with Gasteiger partial charge < -0.3 is 10.6 Å². The molecule has 18 heavy (non-hydrogen) atoms. The molecule has 3 rings (SSSR count). The summed E-state index contributed by atoms with van der Waals surface area (Å²) in [6.07, 6.45) is 1.05. The van der Waals surface area contributed by atoms with E-state index in [9.17, 15) is 0 Å². The monoisotopic (exact) mass is 259 g/mol. The first-order valence-corrected chi connectivity index (χ1v) is 6.38. The van der Waals surface area contributed by atoms with E-state index in [2.05, 4.69) is 34.1 Å². The maximum absolute atomic E-state index is 6.04. The van der Waals surface area contributed by atoms with E-state index < -0.39 is 0 Å². The number of hydrogen-bond donors (Lipinski definition) is 1. The number of anilines is 2. The van der Waals surface area contributed by atoms with Gasteiger partial charge in [0.25, 0.3) is 0 Å². The molecule has 1 aliphatic heterocycles. The summed E-state index contributed by atoms with van der Waals surface area (Å²) in [6, 6.07) is 12.2. The fourth-order valence-corrected chi connectivity index (χ4v) is 2.52. The van der Waals surface area contributed by atoms with E-state index in [0.29, 0.717) is 11.6 Å². The summed E-state index contributed by atoms with van der Waals surface area (Å²) in [4.78, 5) is 6.75. The molecule has 1 aromatic heterocycles. The number of benzene rings is 1. The zero-order chi connectivity index (χ0) is 12.5. The molecule has 1 aliphatic rings. The van der Waals surface area contributed by atoms with Crippen molar-refractivity contribution < 1.29 is 0 Å². The maximum Gasteiger partial charge on any atom is 0.133 e. The Hall–Kier alpha value is -1.58. The van der Waals surface area contributed by atoms with Crippen LogP contribution in [0.15, 0.2) is 36.4 Å². The number of pyridine rings is 1. The van der Waals surface area contributed by atoms with Gasteiger partial charge in [0, 0.05) is 18.8 Å². The Labute approximate surface area is 111 Å². The van der Waals surface area contributed by atoms with E-state index >= 15 is 0 Å². The van der Waals surface area contributed by atoms with Gasteiger partial charge in [0.1, 0.15) is 5.82 Å². The molecule has 3 nitrogen and oxygen atoms in total. The van der Waals surface area contributed by atoms with E-state index in [1.165, 1.54) is 11.3 Å². The summed E-state index contributed by atoms with van der Waals surface area (Å²) in [5.41, 5.74) is 8.99. The first-order chi connectivity index (χ1) is 8.79. The summed E-state index contributed by atoms with van der Waals surface area (Å²) in [6.45, 7) is 1.32. The standard InChI is InChI=1S/C14H14ClN3/c15-11-5-6-14(17-12(11)9-16)18-8-7-10-3-1-2-4-13(10)18/h1-6H,7-9,16H2. The van der Waals surface area contributed by atoms with Crippen molar-refractivity contribution in [2.45, 2.75) is 13.0 Å². The zero-order valence-electron chi connectivity index (χ0n) is 9.94. The second kappa shape index (κ2) is 4.59. The normalized spacial score (nSPS) is 13.8. The summed E-state index contributed by atoms with van der Waals surface area (Å²) in [5, 5.41) is 0.633. The highest BCUT2D eigenvalue weighted by Gasteiger charge is 2.21. The van der Waals surface area contributed by atoms with Crippen molar-refractivity contribution in [3.05, 3.63) is 52.7 Å². The van der Waals surface area contributed by atoms with Gasteiger partial charge in [-0.05, 0) is 30.2 Å². The summed E-state index contributed by atoms with van der Waals surface area (Å²) in [5.74, 6) is 0.921. The lowest BCUT2D eigenvalue weighted by atomic mass is 10.2. The average molecular weight is 260 g/mol. The van der Waals surface area contributed by atoms with E-state index in [4.69, 9.17) is 17.3 Å². The molecule has 2 N–H and O–H groups in total. The van der Waals surface area contributed by atoms with Crippen molar-refractivity contribution in [2.75, 3.05) is 11.4 Å². The number of halogens is 1. The van der Waals surface area contributed by atoms with Crippen molar-refractivity contribution in [1.29, 1.82) is 0 Å². The van der Waals surface area contributed by atoms with E-state index in [1.807, 2.05) is 12.1 Å². The number of hydrogen-bond acceptors (Lipinski definition) is 3. The minimum Gasteiger partial charge on any atom is -0.326 e. The molecule has 0 saturated heterocycles. The molecule has 2 heterocycles. The number of para-hydroxylation sites is 1.